The van der Waals surface area contributed by atoms with Crippen LogP contribution < -0.4 is 0 Å². The molecule has 0 aromatic rings. The second-order valence-electron chi connectivity index (χ2n) is 16.7. The Labute approximate surface area is 387 Å². The lowest BCUT2D eigenvalue weighted by Gasteiger charge is -2.18. The Bertz CT molecular complexity index is 1280. The van der Waals surface area contributed by atoms with E-state index in [2.05, 4.69) is 118 Å². The van der Waals surface area contributed by atoms with Crippen LogP contribution in [0.3, 0.4) is 0 Å². The fourth-order valence-corrected chi connectivity index (χ4v) is 6.74. The third-order valence-electron chi connectivity index (χ3n) is 10.6. The van der Waals surface area contributed by atoms with Gasteiger partial charge in [-0.2, -0.15) is 0 Å². The number of allylic oxidation sites excluding steroid dienone is 16. The van der Waals surface area contributed by atoms with Gasteiger partial charge in [-0.05, 0) is 109 Å². The summed E-state index contributed by atoms with van der Waals surface area (Å²) in [6.07, 6.45) is 66.8. The molecule has 0 aliphatic heterocycles. The minimum atomic E-state index is -0.811. The van der Waals surface area contributed by atoms with Crippen molar-refractivity contribution in [1.29, 1.82) is 0 Å². The number of ether oxygens (including phenoxy) is 3. The summed E-state index contributed by atoms with van der Waals surface area (Å²) in [4.78, 5) is 37.9. The van der Waals surface area contributed by atoms with Gasteiger partial charge in [-0.1, -0.05) is 195 Å². The van der Waals surface area contributed by atoms with E-state index >= 15 is 0 Å². The number of carbonyl (C=O) groups excluding carboxylic acids is 3. The first kappa shape index (κ1) is 59.3. The summed E-state index contributed by atoms with van der Waals surface area (Å²) in [6.45, 7) is 6.33. The first-order valence-electron chi connectivity index (χ1n) is 25.7. The molecule has 1 atom stereocenters. The minimum absolute atomic E-state index is 0.107. The molecule has 6 nitrogen and oxygen atoms in total. The van der Waals surface area contributed by atoms with Crippen molar-refractivity contribution < 1.29 is 28.6 Å². The fraction of sp³-hybridized carbons (Fsp3) is 0.667. The number of esters is 3. The van der Waals surface area contributed by atoms with E-state index in [0.29, 0.717) is 19.3 Å². The van der Waals surface area contributed by atoms with Gasteiger partial charge in [0.25, 0.3) is 0 Å². The molecule has 0 saturated carbocycles. The van der Waals surface area contributed by atoms with Crippen LogP contribution in [0, 0.1) is 0 Å². The number of hydrogen-bond acceptors (Lipinski definition) is 6. The molecule has 0 rings (SSSR count). The van der Waals surface area contributed by atoms with Crippen LogP contribution in [-0.2, 0) is 28.6 Å². The van der Waals surface area contributed by atoms with E-state index < -0.39 is 6.10 Å². The van der Waals surface area contributed by atoms with Crippen LogP contribution in [0.1, 0.15) is 226 Å². The van der Waals surface area contributed by atoms with Crippen molar-refractivity contribution >= 4 is 17.9 Å². The van der Waals surface area contributed by atoms with E-state index in [1.54, 1.807) is 0 Å². The minimum Gasteiger partial charge on any atom is -0.462 e. The molecule has 0 fully saturated rings. The standard InChI is InChI=1S/C57H94O6/c1-4-7-10-13-16-19-22-25-27-29-31-32-35-38-41-44-47-50-56(59)62-53-54(52-61-55(58)49-46-43-40-37-34-24-21-18-15-12-9-6-3)63-57(60)51-48-45-42-39-36-33-30-28-26-23-20-17-14-11-8-5-2/h8-9,11-12,17-18,20-21,25-28,31-32,38,41,54H,4-7,10,13-16,19,22-24,29-30,33-37,39-40,42-53H2,1-3H3/b11-8-,12-9-,20-17-,21-18-,27-25-,28-26-,32-31-,41-38-. The van der Waals surface area contributed by atoms with Gasteiger partial charge in [0.2, 0.25) is 0 Å². The maximum Gasteiger partial charge on any atom is 0.306 e. The molecular formula is C57H94O6. The van der Waals surface area contributed by atoms with Crippen LogP contribution >= 0.6 is 0 Å². The highest BCUT2D eigenvalue weighted by molar-refractivity contribution is 5.71. The average molecular weight is 875 g/mol. The zero-order chi connectivity index (χ0) is 45.8. The molecule has 0 aliphatic rings. The van der Waals surface area contributed by atoms with E-state index in [-0.39, 0.29) is 37.5 Å². The van der Waals surface area contributed by atoms with E-state index in [1.807, 2.05) is 0 Å². The normalized spacial score (nSPS) is 12.9. The largest absolute Gasteiger partial charge is 0.462 e. The molecule has 0 amide bonds. The van der Waals surface area contributed by atoms with Crippen LogP contribution in [0.15, 0.2) is 97.2 Å². The molecule has 0 bridgehead atoms. The molecule has 1 unspecified atom stereocenters. The van der Waals surface area contributed by atoms with Crippen molar-refractivity contribution in [1.82, 2.24) is 0 Å². The Morgan fingerprint density at radius 1 is 0.333 bits per heavy atom. The summed E-state index contributed by atoms with van der Waals surface area (Å²) in [5.41, 5.74) is 0. The average Bonchev–Trinajstić information content (AvgIpc) is 3.28. The van der Waals surface area contributed by atoms with Crippen molar-refractivity contribution in [2.45, 2.75) is 232 Å². The summed E-state index contributed by atoms with van der Waals surface area (Å²) < 4.78 is 16.7. The third-order valence-corrected chi connectivity index (χ3v) is 10.6. The van der Waals surface area contributed by atoms with Gasteiger partial charge in [0.1, 0.15) is 13.2 Å². The highest BCUT2D eigenvalue weighted by Gasteiger charge is 2.19. The lowest BCUT2D eigenvalue weighted by Crippen LogP contribution is -2.30. The summed E-state index contributed by atoms with van der Waals surface area (Å²) in [5.74, 6) is -0.992. The van der Waals surface area contributed by atoms with Gasteiger partial charge in [0.05, 0.1) is 0 Å². The molecule has 0 radical (unpaired) electrons. The molecule has 0 aromatic carbocycles. The quantitative estimate of drug-likeness (QED) is 0.0262. The zero-order valence-corrected chi connectivity index (χ0v) is 40.8. The van der Waals surface area contributed by atoms with Crippen molar-refractivity contribution in [2.24, 2.45) is 0 Å². The van der Waals surface area contributed by atoms with Crippen molar-refractivity contribution in [2.75, 3.05) is 13.2 Å². The molecule has 0 aliphatic carbocycles. The number of unbranched alkanes of at least 4 members (excludes halogenated alkanes) is 18. The Kier molecular flexibility index (Phi) is 48.0. The van der Waals surface area contributed by atoms with Crippen molar-refractivity contribution in [3.63, 3.8) is 0 Å². The predicted octanol–water partition coefficient (Wildman–Crippen LogP) is 17.0. The lowest BCUT2D eigenvalue weighted by atomic mass is 10.1. The molecule has 0 N–H and O–H groups in total. The molecular weight excluding hydrogens is 781 g/mol. The van der Waals surface area contributed by atoms with Gasteiger partial charge in [-0.3, -0.25) is 14.4 Å². The first-order valence-corrected chi connectivity index (χ1v) is 25.7. The Hall–Kier alpha value is -3.67. The van der Waals surface area contributed by atoms with E-state index in [0.717, 1.165) is 122 Å². The maximum absolute atomic E-state index is 12.8. The van der Waals surface area contributed by atoms with E-state index in [1.165, 1.54) is 57.8 Å². The molecule has 6 heteroatoms. The molecule has 0 aromatic heterocycles. The van der Waals surface area contributed by atoms with Crippen LogP contribution in [-0.4, -0.2) is 37.2 Å². The number of hydrogen-bond donors (Lipinski definition) is 0. The second-order valence-corrected chi connectivity index (χ2v) is 16.7. The van der Waals surface area contributed by atoms with Crippen molar-refractivity contribution in [3.8, 4) is 0 Å². The third kappa shape index (κ3) is 49.2. The summed E-state index contributed by atoms with van der Waals surface area (Å²) in [7, 11) is 0. The monoisotopic (exact) mass is 875 g/mol. The highest BCUT2D eigenvalue weighted by atomic mass is 16.6. The fourth-order valence-electron chi connectivity index (χ4n) is 6.74. The van der Waals surface area contributed by atoms with Gasteiger partial charge in [0.15, 0.2) is 6.10 Å². The highest BCUT2D eigenvalue weighted by Crippen LogP contribution is 2.13. The summed E-state index contributed by atoms with van der Waals surface area (Å²) in [6, 6.07) is 0. The van der Waals surface area contributed by atoms with Crippen LogP contribution in [0.4, 0.5) is 0 Å². The molecule has 0 heterocycles. The summed E-state index contributed by atoms with van der Waals surface area (Å²) in [5, 5.41) is 0. The number of carbonyl (C=O) groups is 3. The topological polar surface area (TPSA) is 78.9 Å². The molecule has 358 valence electrons. The SMILES string of the molecule is CC/C=C\C/C=C\C/C=C\CCCCCCCCC(=O)OC(COC(=O)CCC/C=C\C/C=C\C/C=C\CCCCCCCC)COC(=O)CCCCCCC/C=C\C/C=C\CC. The van der Waals surface area contributed by atoms with Crippen LogP contribution in [0.2, 0.25) is 0 Å². The maximum atomic E-state index is 12.8. The smallest absolute Gasteiger partial charge is 0.306 e. The van der Waals surface area contributed by atoms with Gasteiger partial charge < -0.3 is 14.2 Å². The molecule has 63 heavy (non-hydrogen) atoms. The number of rotatable bonds is 45. The Balaban J connectivity index is 4.50. The van der Waals surface area contributed by atoms with Gasteiger partial charge in [-0.25, -0.2) is 0 Å². The van der Waals surface area contributed by atoms with Crippen molar-refractivity contribution in [3.05, 3.63) is 97.2 Å². The zero-order valence-electron chi connectivity index (χ0n) is 40.8. The van der Waals surface area contributed by atoms with Crippen LogP contribution in [0.25, 0.3) is 0 Å². The van der Waals surface area contributed by atoms with Gasteiger partial charge in [0, 0.05) is 19.3 Å². The Morgan fingerprint density at radius 3 is 1.03 bits per heavy atom. The predicted molar refractivity (Wildman–Crippen MR) is 270 cm³/mol. The first-order chi connectivity index (χ1) is 31.0. The van der Waals surface area contributed by atoms with Gasteiger partial charge >= 0.3 is 17.9 Å². The summed E-state index contributed by atoms with van der Waals surface area (Å²) >= 11 is 0. The van der Waals surface area contributed by atoms with Gasteiger partial charge in [-0.15, -0.1) is 0 Å². The second kappa shape index (κ2) is 51.0. The van der Waals surface area contributed by atoms with E-state index in [4.69, 9.17) is 14.2 Å². The lowest BCUT2D eigenvalue weighted by molar-refractivity contribution is -0.167. The van der Waals surface area contributed by atoms with E-state index in [9.17, 15) is 14.4 Å². The Morgan fingerprint density at radius 2 is 0.635 bits per heavy atom. The molecule has 0 spiro atoms. The molecule has 0 saturated heterocycles. The van der Waals surface area contributed by atoms with Crippen LogP contribution in [0.5, 0.6) is 0 Å².